The Morgan fingerprint density at radius 2 is 2.00 bits per heavy atom. The number of nitriles is 2. The van der Waals surface area contributed by atoms with E-state index in [0.29, 0.717) is 12.5 Å². The molecule has 3 fully saturated rings. The quantitative estimate of drug-likeness (QED) is 0.838. The highest BCUT2D eigenvalue weighted by Crippen LogP contribution is 2.89. The van der Waals surface area contributed by atoms with Gasteiger partial charge in [0.15, 0.2) is 5.41 Å². The van der Waals surface area contributed by atoms with Crippen molar-refractivity contribution in [3.8, 4) is 12.1 Å². The molecule has 0 aromatic heterocycles. The summed E-state index contributed by atoms with van der Waals surface area (Å²) in [6.07, 6.45) is 5.90. The van der Waals surface area contributed by atoms with E-state index in [2.05, 4.69) is 24.1 Å². The lowest BCUT2D eigenvalue weighted by Crippen LogP contribution is -2.42. The predicted octanol–water partition coefficient (Wildman–Crippen LogP) is 2.46. The fourth-order valence-corrected chi connectivity index (χ4v) is 5.95. The van der Waals surface area contributed by atoms with Crippen LogP contribution in [0.4, 0.5) is 0 Å². The zero-order valence-electron chi connectivity index (χ0n) is 14.3. The van der Waals surface area contributed by atoms with Gasteiger partial charge in [-0.15, -0.1) is 0 Å². The third-order valence-corrected chi connectivity index (χ3v) is 6.93. The van der Waals surface area contributed by atoms with Crippen molar-refractivity contribution in [2.45, 2.75) is 64.4 Å². The maximum absolute atomic E-state index is 10.2. The van der Waals surface area contributed by atoms with Crippen LogP contribution >= 0.6 is 0 Å². The Labute approximate surface area is 142 Å². The third kappa shape index (κ3) is 1.35. The van der Waals surface area contributed by atoms with Crippen LogP contribution in [-0.2, 0) is 9.47 Å². The van der Waals surface area contributed by atoms with Crippen molar-refractivity contribution < 1.29 is 9.47 Å². The van der Waals surface area contributed by atoms with Gasteiger partial charge in [-0.25, -0.2) is 4.99 Å². The third-order valence-electron chi connectivity index (χ3n) is 6.93. The summed E-state index contributed by atoms with van der Waals surface area (Å²) in [7, 11) is 0. The van der Waals surface area contributed by atoms with Crippen LogP contribution in [0.3, 0.4) is 0 Å². The largest absolute Gasteiger partial charge is 0.386 e. The molecule has 2 saturated carbocycles. The molecule has 0 aromatic carbocycles. The standard InChI is InChI=1S/C18H24N4O2/c1-3-4-13-5-7-15(8-6-13)16(10-19)14(21)22-18(17(15,16)11-20)23-9-12(2)24-18/h12-13H,3-9H2,1-2H3,(H2,21,22)/t12-,13?,15?,16+,17-,18+/m0/s1. The van der Waals surface area contributed by atoms with Gasteiger partial charge in [-0.3, -0.25) is 0 Å². The molecule has 2 aliphatic heterocycles. The summed E-state index contributed by atoms with van der Waals surface area (Å²) in [4.78, 5) is 4.40. The molecule has 4 atom stereocenters. The number of hydrogen-bond donors (Lipinski definition) is 1. The van der Waals surface area contributed by atoms with E-state index in [-0.39, 0.29) is 11.9 Å². The van der Waals surface area contributed by atoms with Crippen molar-refractivity contribution in [3.63, 3.8) is 0 Å². The minimum absolute atomic E-state index is 0.157. The highest BCUT2D eigenvalue weighted by Gasteiger charge is 3.00. The number of nitrogens with two attached hydrogens (primary N) is 1. The molecule has 2 heterocycles. The molecule has 128 valence electrons. The minimum Gasteiger partial charge on any atom is -0.386 e. The first-order valence-corrected chi connectivity index (χ1v) is 8.99. The fraction of sp³-hybridized carbons (Fsp3) is 0.833. The van der Waals surface area contributed by atoms with Crippen molar-refractivity contribution in [1.82, 2.24) is 0 Å². The van der Waals surface area contributed by atoms with Gasteiger partial charge in [0.1, 0.15) is 11.3 Å². The van der Waals surface area contributed by atoms with Gasteiger partial charge in [-0.1, -0.05) is 19.8 Å². The Morgan fingerprint density at radius 1 is 1.29 bits per heavy atom. The van der Waals surface area contributed by atoms with E-state index in [4.69, 9.17) is 15.2 Å². The molecule has 0 bridgehead atoms. The maximum atomic E-state index is 10.2. The van der Waals surface area contributed by atoms with E-state index < -0.39 is 22.2 Å². The average molecular weight is 328 g/mol. The Kier molecular flexibility index (Phi) is 3.12. The van der Waals surface area contributed by atoms with Crippen molar-refractivity contribution in [2.24, 2.45) is 32.9 Å². The van der Waals surface area contributed by atoms with E-state index in [0.717, 1.165) is 25.7 Å². The summed E-state index contributed by atoms with van der Waals surface area (Å²) in [5.74, 6) is -0.486. The lowest BCUT2D eigenvalue weighted by atomic mass is 9.71. The molecule has 2 N–H and O–H groups in total. The average Bonchev–Trinajstić information content (AvgIpc) is 2.75. The SMILES string of the molecule is CCCC1CCC2(CC1)[C@]1(C#N)[C@@]3(N=C(N)[C@]21C#N)OC[C@H](C)O3. The molecular weight excluding hydrogens is 304 g/mol. The first-order valence-electron chi connectivity index (χ1n) is 8.99. The summed E-state index contributed by atoms with van der Waals surface area (Å²) in [5, 5.41) is 20.2. The van der Waals surface area contributed by atoms with Crippen LogP contribution in [0.5, 0.6) is 0 Å². The fourth-order valence-electron chi connectivity index (χ4n) is 5.95. The molecule has 24 heavy (non-hydrogen) atoms. The number of rotatable bonds is 2. The smallest absolute Gasteiger partial charge is 0.293 e. The molecule has 1 saturated heterocycles. The van der Waals surface area contributed by atoms with Crippen molar-refractivity contribution in [3.05, 3.63) is 0 Å². The second kappa shape index (κ2) is 4.71. The Bertz CT molecular complexity index is 684. The van der Waals surface area contributed by atoms with Gasteiger partial charge >= 0.3 is 0 Å². The molecule has 0 aromatic rings. The normalized spacial score (nSPS) is 51.9. The number of aliphatic imine (C=N–C) groups is 1. The van der Waals surface area contributed by atoms with Gasteiger partial charge < -0.3 is 15.2 Å². The summed E-state index contributed by atoms with van der Waals surface area (Å²) in [6, 6.07) is 4.82. The molecule has 4 aliphatic rings. The highest BCUT2D eigenvalue weighted by atomic mass is 16.8. The van der Waals surface area contributed by atoms with E-state index in [9.17, 15) is 10.5 Å². The van der Waals surface area contributed by atoms with Gasteiger partial charge in [0.25, 0.3) is 5.91 Å². The molecule has 2 spiro atoms. The zero-order valence-corrected chi connectivity index (χ0v) is 14.3. The summed E-state index contributed by atoms with van der Waals surface area (Å²) < 4.78 is 11.9. The molecular formula is C18H24N4O2. The monoisotopic (exact) mass is 328 g/mol. The second-order valence-corrected chi connectivity index (χ2v) is 7.86. The second-order valence-electron chi connectivity index (χ2n) is 7.86. The van der Waals surface area contributed by atoms with Gasteiger partial charge in [0.05, 0.1) is 24.8 Å². The van der Waals surface area contributed by atoms with E-state index in [1.807, 2.05) is 6.92 Å². The summed E-state index contributed by atoms with van der Waals surface area (Å²) in [6.45, 7) is 4.46. The van der Waals surface area contributed by atoms with E-state index in [1.54, 1.807) is 0 Å². The number of hydrogen-bond acceptors (Lipinski definition) is 6. The molecule has 2 aliphatic carbocycles. The van der Waals surface area contributed by atoms with Gasteiger partial charge in [-0.2, -0.15) is 10.5 Å². The van der Waals surface area contributed by atoms with Gasteiger partial charge in [0.2, 0.25) is 0 Å². The summed E-state index contributed by atoms with van der Waals surface area (Å²) >= 11 is 0. The first kappa shape index (κ1) is 15.9. The molecule has 0 amide bonds. The van der Waals surface area contributed by atoms with Crippen LogP contribution in [0.15, 0.2) is 4.99 Å². The predicted molar refractivity (Wildman–Crippen MR) is 86.2 cm³/mol. The van der Waals surface area contributed by atoms with Crippen molar-refractivity contribution >= 4 is 5.84 Å². The van der Waals surface area contributed by atoms with Gasteiger partial charge in [-0.05, 0) is 38.5 Å². The maximum Gasteiger partial charge on any atom is 0.293 e. The molecule has 6 nitrogen and oxygen atoms in total. The summed E-state index contributed by atoms with van der Waals surface area (Å²) in [5.41, 5.74) is 3.60. The molecule has 4 rings (SSSR count). The Hall–Kier alpha value is -1.63. The lowest BCUT2D eigenvalue weighted by molar-refractivity contribution is -0.202. The zero-order chi connectivity index (χ0) is 17.2. The number of amidine groups is 1. The topological polar surface area (TPSA) is 104 Å². The van der Waals surface area contributed by atoms with E-state index >= 15 is 0 Å². The first-order chi connectivity index (χ1) is 11.5. The Balaban J connectivity index is 1.77. The number of ether oxygens (including phenoxy) is 2. The van der Waals surface area contributed by atoms with Crippen LogP contribution < -0.4 is 5.73 Å². The van der Waals surface area contributed by atoms with Crippen LogP contribution in [0, 0.1) is 44.8 Å². The van der Waals surface area contributed by atoms with Crippen LogP contribution in [0.25, 0.3) is 0 Å². The molecule has 0 unspecified atom stereocenters. The molecule has 6 heteroatoms. The van der Waals surface area contributed by atoms with Crippen molar-refractivity contribution in [1.29, 1.82) is 10.5 Å². The van der Waals surface area contributed by atoms with Crippen LogP contribution in [-0.4, -0.2) is 24.5 Å². The number of nitrogens with zero attached hydrogens (tertiary/aromatic N) is 3. The van der Waals surface area contributed by atoms with Gasteiger partial charge in [0, 0.05) is 5.41 Å². The minimum atomic E-state index is -1.39. The van der Waals surface area contributed by atoms with Crippen LogP contribution in [0.1, 0.15) is 52.4 Å². The number of fused-ring (bicyclic) bond motifs is 4. The molecule has 0 radical (unpaired) electrons. The van der Waals surface area contributed by atoms with E-state index in [1.165, 1.54) is 12.8 Å². The highest BCUT2D eigenvalue weighted by molar-refractivity contribution is 6.00. The lowest BCUT2D eigenvalue weighted by Gasteiger charge is -2.36. The van der Waals surface area contributed by atoms with Crippen LogP contribution in [0.2, 0.25) is 0 Å². The Morgan fingerprint density at radius 3 is 2.50 bits per heavy atom. The van der Waals surface area contributed by atoms with Crippen molar-refractivity contribution in [2.75, 3.05) is 6.61 Å².